The van der Waals surface area contributed by atoms with Gasteiger partial charge in [-0.3, -0.25) is 9.78 Å². The molecule has 0 radical (unpaired) electrons. The van der Waals surface area contributed by atoms with Crippen molar-refractivity contribution >= 4 is 23.4 Å². The van der Waals surface area contributed by atoms with Gasteiger partial charge in [-0.2, -0.15) is 0 Å². The summed E-state index contributed by atoms with van der Waals surface area (Å²) in [5.74, 6) is -0.163. The molecule has 2 rings (SSSR count). The van der Waals surface area contributed by atoms with Crippen molar-refractivity contribution in [2.24, 2.45) is 0 Å². The lowest BCUT2D eigenvalue weighted by atomic mass is 10.2. The molecule has 0 saturated heterocycles. The van der Waals surface area contributed by atoms with Gasteiger partial charge in [0.1, 0.15) is 5.03 Å². The number of carbonyl (C=O) groups excluding carboxylic acids is 1. The second kappa shape index (κ2) is 5.64. The Balaban J connectivity index is 2.25. The molecule has 2 heterocycles. The smallest absolute Gasteiger partial charge is 0.258 e. The number of hydrogen-bond donors (Lipinski definition) is 1. The molecule has 1 amide bonds. The van der Waals surface area contributed by atoms with Gasteiger partial charge < -0.3 is 5.32 Å². The normalized spacial score (nSPS) is 10.1. The van der Waals surface area contributed by atoms with Crippen LogP contribution in [-0.4, -0.2) is 22.1 Å². The number of thioether (sulfide) groups is 1. The van der Waals surface area contributed by atoms with Crippen molar-refractivity contribution in [3.05, 3.63) is 47.9 Å². The van der Waals surface area contributed by atoms with Crippen LogP contribution in [0.4, 0.5) is 5.69 Å². The molecule has 0 fully saturated rings. The lowest BCUT2D eigenvalue weighted by Crippen LogP contribution is -2.14. The number of aromatic nitrogens is 2. The number of pyridine rings is 2. The van der Waals surface area contributed by atoms with E-state index in [2.05, 4.69) is 15.3 Å². The van der Waals surface area contributed by atoms with Gasteiger partial charge >= 0.3 is 0 Å². The van der Waals surface area contributed by atoms with Crippen LogP contribution in [0.3, 0.4) is 0 Å². The largest absolute Gasteiger partial charge is 0.320 e. The Morgan fingerprint density at radius 1 is 1.33 bits per heavy atom. The fourth-order valence-electron chi connectivity index (χ4n) is 1.51. The summed E-state index contributed by atoms with van der Waals surface area (Å²) in [6.45, 7) is 1.93. The average molecular weight is 259 g/mol. The van der Waals surface area contributed by atoms with E-state index in [4.69, 9.17) is 0 Å². The van der Waals surface area contributed by atoms with Gasteiger partial charge in [0, 0.05) is 12.4 Å². The minimum atomic E-state index is -0.163. The third-order valence-electron chi connectivity index (χ3n) is 2.50. The predicted octanol–water partition coefficient (Wildman–Crippen LogP) is 2.76. The molecule has 18 heavy (non-hydrogen) atoms. The highest BCUT2D eigenvalue weighted by Crippen LogP contribution is 2.19. The third-order valence-corrected chi connectivity index (χ3v) is 3.21. The van der Waals surface area contributed by atoms with Crippen LogP contribution < -0.4 is 5.32 Å². The molecule has 0 aliphatic carbocycles. The molecule has 0 aromatic carbocycles. The van der Waals surface area contributed by atoms with Crippen LogP contribution in [0.5, 0.6) is 0 Å². The third kappa shape index (κ3) is 2.68. The number of nitrogens with zero attached hydrogens (tertiary/aromatic N) is 2. The number of hydrogen-bond acceptors (Lipinski definition) is 4. The van der Waals surface area contributed by atoms with Crippen LogP contribution in [0, 0.1) is 6.92 Å². The molecule has 0 bridgehead atoms. The monoisotopic (exact) mass is 259 g/mol. The lowest BCUT2D eigenvalue weighted by molar-refractivity contribution is 0.102. The molecule has 0 aliphatic rings. The zero-order valence-corrected chi connectivity index (χ0v) is 11.0. The Labute approximate surface area is 110 Å². The lowest BCUT2D eigenvalue weighted by Gasteiger charge is -2.09. The maximum Gasteiger partial charge on any atom is 0.258 e. The number of anilines is 1. The van der Waals surface area contributed by atoms with E-state index in [-0.39, 0.29) is 5.91 Å². The van der Waals surface area contributed by atoms with Crippen molar-refractivity contribution in [1.82, 2.24) is 9.97 Å². The molecule has 4 nitrogen and oxygen atoms in total. The van der Waals surface area contributed by atoms with Crippen LogP contribution in [0.2, 0.25) is 0 Å². The molecule has 0 unspecified atom stereocenters. The summed E-state index contributed by atoms with van der Waals surface area (Å²) in [4.78, 5) is 20.3. The molecular weight excluding hydrogens is 246 g/mol. The van der Waals surface area contributed by atoms with Gasteiger partial charge in [0.25, 0.3) is 5.91 Å². The summed E-state index contributed by atoms with van der Waals surface area (Å²) in [7, 11) is 0. The molecule has 2 aromatic rings. The topological polar surface area (TPSA) is 54.9 Å². The fourth-order valence-corrected chi connectivity index (χ4v) is 2.06. The quantitative estimate of drug-likeness (QED) is 0.861. The van der Waals surface area contributed by atoms with Gasteiger partial charge in [0.2, 0.25) is 0 Å². The summed E-state index contributed by atoms with van der Waals surface area (Å²) in [5.41, 5.74) is 2.28. The van der Waals surface area contributed by atoms with E-state index in [9.17, 15) is 4.79 Å². The molecule has 5 heteroatoms. The maximum atomic E-state index is 12.2. The molecule has 0 aliphatic heterocycles. The highest BCUT2D eigenvalue weighted by atomic mass is 32.2. The highest BCUT2D eigenvalue weighted by molar-refractivity contribution is 7.98. The summed E-state index contributed by atoms with van der Waals surface area (Å²) >= 11 is 1.45. The maximum absolute atomic E-state index is 12.2. The van der Waals surface area contributed by atoms with Gasteiger partial charge in [0.05, 0.1) is 17.4 Å². The zero-order valence-electron chi connectivity index (χ0n) is 10.2. The van der Waals surface area contributed by atoms with Crippen LogP contribution in [0.1, 0.15) is 15.9 Å². The molecule has 0 spiro atoms. The molecule has 1 N–H and O–H groups in total. The zero-order chi connectivity index (χ0) is 13.0. The van der Waals surface area contributed by atoms with Gasteiger partial charge in [-0.25, -0.2) is 4.98 Å². The molecule has 92 valence electrons. The summed E-state index contributed by atoms with van der Waals surface area (Å²) in [6, 6.07) is 5.37. The molecule has 0 saturated carbocycles. The Morgan fingerprint density at radius 2 is 2.17 bits per heavy atom. The first-order chi connectivity index (χ1) is 8.72. The highest BCUT2D eigenvalue weighted by Gasteiger charge is 2.12. The van der Waals surface area contributed by atoms with E-state index in [0.717, 1.165) is 16.3 Å². The van der Waals surface area contributed by atoms with Crippen molar-refractivity contribution in [2.75, 3.05) is 11.6 Å². The van der Waals surface area contributed by atoms with Crippen LogP contribution in [-0.2, 0) is 0 Å². The van der Waals surface area contributed by atoms with E-state index in [1.807, 2.05) is 19.2 Å². The van der Waals surface area contributed by atoms with Gasteiger partial charge in [-0.15, -0.1) is 11.8 Å². The minimum Gasteiger partial charge on any atom is -0.320 e. The number of rotatable bonds is 3. The van der Waals surface area contributed by atoms with E-state index >= 15 is 0 Å². The summed E-state index contributed by atoms with van der Waals surface area (Å²) in [6.07, 6.45) is 6.91. The molecular formula is C13H13N3OS. The van der Waals surface area contributed by atoms with Crippen molar-refractivity contribution < 1.29 is 4.79 Å². The Bertz CT molecular complexity index is 572. The average Bonchev–Trinajstić information content (AvgIpc) is 2.41. The Hall–Kier alpha value is -1.88. The van der Waals surface area contributed by atoms with E-state index < -0.39 is 0 Å². The van der Waals surface area contributed by atoms with Crippen molar-refractivity contribution in [1.29, 1.82) is 0 Å². The van der Waals surface area contributed by atoms with Crippen molar-refractivity contribution in [3.63, 3.8) is 0 Å². The molecule has 2 aromatic heterocycles. The number of nitrogens with one attached hydrogen (secondary N) is 1. The van der Waals surface area contributed by atoms with E-state index in [0.29, 0.717) is 5.56 Å². The van der Waals surface area contributed by atoms with Gasteiger partial charge in [-0.1, -0.05) is 0 Å². The van der Waals surface area contributed by atoms with E-state index in [1.54, 1.807) is 30.7 Å². The first-order valence-electron chi connectivity index (χ1n) is 5.43. The van der Waals surface area contributed by atoms with E-state index in [1.165, 1.54) is 11.8 Å². The number of aryl methyl sites for hydroxylation is 1. The molecule has 0 atom stereocenters. The SMILES string of the molecule is CSc1ncccc1C(=O)Nc1cnccc1C. The first kappa shape index (κ1) is 12.6. The second-order valence-electron chi connectivity index (χ2n) is 3.70. The van der Waals surface area contributed by atoms with Crippen molar-refractivity contribution in [3.8, 4) is 0 Å². The standard InChI is InChI=1S/C13H13N3OS/c1-9-5-7-14-8-11(9)16-12(17)10-4-3-6-15-13(10)18-2/h3-8H,1-2H3,(H,16,17). The minimum absolute atomic E-state index is 0.163. The predicted molar refractivity (Wildman–Crippen MR) is 72.9 cm³/mol. The number of amides is 1. The van der Waals surface area contributed by atoms with Crippen LogP contribution >= 0.6 is 11.8 Å². The van der Waals surface area contributed by atoms with Gasteiger partial charge in [-0.05, 0) is 36.9 Å². The number of carbonyl (C=O) groups is 1. The summed E-state index contributed by atoms with van der Waals surface area (Å²) in [5, 5.41) is 3.57. The summed E-state index contributed by atoms with van der Waals surface area (Å²) < 4.78 is 0. The fraction of sp³-hybridized carbons (Fsp3) is 0.154. The Morgan fingerprint density at radius 3 is 2.89 bits per heavy atom. The van der Waals surface area contributed by atoms with Crippen LogP contribution in [0.25, 0.3) is 0 Å². The first-order valence-corrected chi connectivity index (χ1v) is 6.66. The Kier molecular flexibility index (Phi) is 3.94. The van der Waals surface area contributed by atoms with Crippen molar-refractivity contribution in [2.45, 2.75) is 11.9 Å². The second-order valence-corrected chi connectivity index (χ2v) is 4.50. The van der Waals surface area contributed by atoms with Crippen LogP contribution in [0.15, 0.2) is 41.8 Å². The van der Waals surface area contributed by atoms with Gasteiger partial charge in [0.15, 0.2) is 0 Å².